The highest BCUT2D eigenvalue weighted by Gasteiger charge is 2.29. The van der Waals surface area contributed by atoms with Crippen molar-refractivity contribution >= 4 is 5.91 Å². The quantitative estimate of drug-likeness (QED) is 0.634. The Morgan fingerprint density at radius 1 is 1.10 bits per heavy atom. The summed E-state index contributed by atoms with van der Waals surface area (Å²) >= 11 is 0. The van der Waals surface area contributed by atoms with E-state index in [9.17, 15) is 4.79 Å². The second kappa shape index (κ2) is 8.57. The minimum absolute atomic E-state index is 0.0156. The van der Waals surface area contributed by atoms with E-state index < -0.39 is 0 Å². The Morgan fingerprint density at radius 3 is 2.47 bits per heavy atom. The fraction of sp³-hybridized carbons (Fsp3) is 0.348. The van der Waals surface area contributed by atoms with E-state index in [2.05, 4.69) is 10.1 Å². The number of benzene rings is 2. The van der Waals surface area contributed by atoms with Crippen molar-refractivity contribution in [2.24, 2.45) is 0 Å². The molecule has 0 unspecified atom stereocenters. The monoisotopic (exact) mass is 407 g/mol. The van der Waals surface area contributed by atoms with Crippen LogP contribution >= 0.6 is 0 Å². The van der Waals surface area contributed by atoms with Crippen LogP contribution in [0.5, 0.6) is 11.5 Å². The van der Waals surface area contributed by atoms with Gasteiger partial charge in [0.25, 0.3) is 5.91 Å². The Labute approximate surface area is 175 Å². The van der Waals surface area contributed by atoms with Gasteiger partial charge in [0.1, 0.15) is 11.5 Å². The van der Waals surface area contributed by atoms with E-state index in [1.165, 1.54) is 5.56 Å². The highest BCUT2D eigenvalue weighted by atomic mass is 16.5. The Kier molecular flexibility index (Phi) is 5.70. The smallest absolute Gasteiger partial charge is 0.254 e. The average Bonchev–Trinajstić information content (AvgIpc) is 3.29. The first-order valence-electron chi connectivity index (χ1n) is 10.0. The highest BCUT2D eigenvalue weighted by molar-refractivity contribution is 5.95. The number of hydrogen-bond acceptors (Lipinski definition) is 6. The van der Waals surface area contributed by atoms with Crippen LogP contribution in [0.25, 0.3) is 11.4 Å². The molecule has 0 radical (unpaired) electrons. The topological polar surface area (TPSA) is 77.7 Å². The van der Waals surface area contributed by atoms with Gasteiger partial charge in [-0.3, -0.25) is 4.79 Å². The molecule has 1 aliphatic heterocycles. The minimum Gasteiger partial charge on any atom is -0.497 e. The zero-order chi connectivity index (χ0) is 21.1. The molecule has 7 heteroatoms. The fourth-order valence-electron chi connectivity index (χ4n) is 3.70. The third-order valence-corrected chi connectivity index (χ3v) is 5.41. The van der Waals surface area contributed by atoms with Crippen molar-refractivity contribution < 1.29 is 18.8 Å². The summed E-state index contributed by atoms with van der Waals surface area (Å²) in [6, 6.07) is 13.2. The molecule has 1 saturated heterocycles. The van der Waals surface area contributed by atoms with Crippen LogP contribution in [0.1, 0.15) is 40.6 Å². The van der Waals surface area contributed by atoms with Crippen molar-refractivity contribution in [1.82, 2.24) is 15.0 Å². The molecule has 0 saturated carbocycles. The normalized spacial score (nSPS) is 16.4. The van der Waals surface area contributed by atoms with Gasteiger partial charge in [-0.2, -0.15) is 4.98 Å². The number of carbonyl (C=O) groups is 1. The molecule has 0 bridgehead atoms. The molecular formula is C23H25N3O4. The molecule has 1 aromatic heterocycles. The van der Waals surface area contributed by atoms with E-state index in [4.69, 9.17) is 14.0 Å². The lowest BCUT2D eigenvalue weighted by molar-refractivity contribution is 0.0695. The van der Waals surface area contributed by atoms with Crippen LogP contribution in [0, 0.1) is 6.92 Å². The molecule has 7 nitrogen and oxygen atoms in total. The fourth-order valence-corrected chi connectivity index (χ4v) is 3.70. The van der Waals surface area contributed by atoms with E-state index in [1.807, 2.05) is 36.1 Å². The summed E-state index contributed by atoms with van der Waals surface area (Å²) in [5.74, 6) is 2.28. The van der Waals surface area contributed by atoms with Gasteiger partial charge in [0.05, 0.1) is 20.1 Å². The summed E-state index contributed by atoms with van der Waals surface area (Å²) in [6.45, 7) is 3.26. The van der Waals surface area contributed by atoms with Crippen LogP contribution in [0.2, 0.25) is 0 Å². The number of aryl methyl sites for hydroxylation is 1. The van der Waals surface area contributed by atoms with Crippen molar-refractivity contribution in [2.75, 3.05) is 27.3 Å². The Bertz CT molecular complexity index is 1010. The molecule has 30 heavy (non-hydrogen) atoms. The lowest BCUT2D eigenvalue weighted by Crippen LogP contribution is -2.39. The van der Waals surface area contributed by atoms with Gasteiger partial charge < -0.3 is 18.9 Å². The lowest BCUT2D eigenvalue weighted by Gasteiger charge is -2.31. The van der Waals surface area contributed by atoms with Crippen LogP contribution in [0.3, 0.4) is 0 Å². The van der Waals surface area contributed by atoms with Gasteiger partial charge in [-0.15, -0.1) is 0 Å². The van der Waals surface area contributed by atoms with Crippen molar-refractivity contribution in [3.63, 3.8) is 0 Å². The first-order chi connectivity index (χ1) is 14.6. The van der Waals surface area contributed by atoms with Gasteiger partial charge in [-0.25, -0.2) is 0 Å². The number of hydrogen-bond donors (Lipinski definition) is 0. The van der Waals surface area contributed by atoms with E-state index in [-0.39, 0.29) is 11.8 Å². The van der Waals surface area contributed by atoms with Crippen LogP contribution in [0.4, 0.5) is 0 Å². The largest absolute Gasteiger partial charge is 0.497 e. The predicted molar refractivity (Wildman–Crippen MR) is 112 cm³/mol. The summed E-state index contributed by atoms with van der Waals surface area (Å²) in [5.41, 5.74) is 2.64. The average molecular weight is 407 g/mol. The Hall–Kier alpha value is -3.35. The van der Waals surface area contributed by atoms with Crippen LogP contribution < -0.4 is 9.47 Å². The molecule has 4 rings (SSSR count). The van der Waals surface area contributed by atoms with Gasteiger partial charge in [0, 0.05) is 30.3 Å². The second-order valence-corrected chi connectivity index (χ2v) is 7.51. The predicted octanol–water partition coefficient (Wildman–Crippen LogP) is 4.08. The lowest BCUT2D eigenvalue weighted by atomic mass is 9.97. The molecule has 156 valence electrons. The molecule has 1 aliphatic rings. The number of methoxy groups -OCH3 is 2. The minimum atomic E-state index is -0.0600. The summed E-state index contributed by atoms with van der Waals surface area (Å²) in [5, 5.41) is 4.14. The number of likely N-dealkylation sites (tertiary alicyclic amines) is 1. The Balaban J connectivity index is 1.51. The number of ether oxygens (including phenoxy) is 2. The van der Waals surface area contributed by atoms with E-state index >= 15 is 0 Å². The second-order valence-electron chi connectivity index (χ2n) is 7.51. The molecule has 2 heterocycles. The maximum Gasteiger partial charge on any atom is 0.254 e. The summed E-state index contributed by atoms with van der Waals surface area (Å²) in [6.07, 6.45) is 1.78. The number of rotatable bonds is 5. The third-order valence-electron chi connectivity index (χ3n) is 5.41. The molecule has 0 aliphatic carbocycles. The zero-order valence-electron chi connectivity index (χ0n) is 17.4. The molecule has 2 aromatic carbocycles. The maximum atomic E-state index is 13.1. The van der Waals surface area contributed by atoms with Gasteiger partial charge in [0.2, 0.25) is 11.7 Å². The maximum absolute atomic E-state index is 13.1. The van der Waals surface area contributed by atoms with Crippen molar-refractivity contribution in [1.29, 1.82) is 0 Å². The van der Waals surface area contributed by atoms with Gasteiger partial charge in [0.15, 0.2) is 0 Å². The Morgan fingerprint density at radius 2 is 1.80 bits per heavy atom. The third kappa shape index (κ3) is 4.15. The van der Waals surface area contributed by atoms with E-state index in [1.54, 1.807) is 32.4 Å². The van der Waals surface area contributed by atoms with Gasteiger partial charge >= 0.3 is 0 Å². The molecular weight excluding hydrogens is 382 g/mol. The first-order valence-corrected chi connectivity index (χ1v) is 10.0. The standard InChI is InChI=1S/C23H25N3O4/c1-15-6-8-16(9-7-15)21-24-22(30-25-21)17-5-4-10-26(14-17)23(27)18-11-19(28-2)13-20(12-18)29-3/h6-9,11-13,17H,4-5,10,14H2,1-3H3/t17-/m0/s1. The van der Waals surface area contributed by atoms with Gasteiger partial charge in [-0.05, 0) is 31.9 Å². The molecule has 3 aromatic rings. The van der Waals surface area contributed by atoms with E-state index in [0.29, 0.717) is 41.9 Å². The van der Waals surface area contributed by atoms with Crippen molar-refractivity contribution in [2.45, 2.75) is 25.7 Å². The summed E-state index contributed by atoms with van der Waals surface area (Å²) in [7, 11) is 3.14. The summed E-state index contributed by atoms with van der Waals surface area (Å²) < 4.78 is 16.1. The highest BCUT2D eigenvalue weighted by Crippen LogP contribution is 2.30. The number of aromatic nitrogens is 2. The molecule has 0 spiro atoms. The van der Waals surface area contributed by atoms with Crippen LogP contribution in [0.15, 0.2) is 47.0 Å². The van der Waals surface area contributed by atoms with Crippen molar-refractivity contribution in [3.05, 3.63) is 59.5 Å². The summed E-state index contributed by atoms with van der Waals surface area (Å²) in [4.78, 5) is 19.6. The van der Waals surface area contributed by atoms with Crippen LogP contribution in [-0.2, 0) is 0 Å². The molecule has 1 atom stereocenters. The zero-order valence-corrected chi connectivity index (χ0v) is 17.4. The number of piperidine rings is 1. The molecule has 1 fully saturated rings. The number of nitrogens with zero attached hydrogens (tertiary/aromatic N) is 3. The first kappa shape index (κ1) is 19.9. The number of amides is 1. The molecule has 1 amide bonds. The van der Waals surface area contributed by atoms with Gasteiger partial charge in [-0.1, -0.05) is 35.0 Å². The van der Waals surface area contributed by atoms with Crippen molar-refractivity contribution in [3.8, 4) is 22.9 Å². The number of carbonyl (C=O) groups excluding carboxylic acids is 1. The SMILES string of the molecule is COc1cc(OC)cc(C(=O)N2CCC[C@H](c3nc(-c4ccc(C)cc4)no3)C2)c1. The molecule has 0 N–H and O–H groups in total. The van der Waals surface area contributed by atoms with E-state index in [0.717, 1.165) is 18.4 Å². The van der Waals surface area contributed by atoms with Crippen LogP contribution in [-0.4, -0.2) is 48.3 Å².